The normalized spacial score (nSPS) is 11.7. The molecule has 2 heterocycles. The second kappa shape index (κ2) is 16.7. The predicted molar refractivity (Wildman–Crippen MR) is 195 cm³/mol. The molecule has 0 aliphatic heterocycles. The molecular weight excluding hydrogens is 662 g/mol. The maximum Gasteiger partial charge on any atom is 0.540 e. The highest BCUT2D eigenvalue weighted by atomic mass is 16.8. The van der Waals surface area contributed by atoms with Crippen LogP contribution in [0.5, 0.6) is 5.75 Å². The third kappa shape index (κ3) is 9.56. The van der Waals surface area contributed by atoms with Gasteiger partial charge >= 0.3 is 12.1 Å². The number of esters is 1. The van der Waals surface area contributed by atoms with Crippen molar-refractivity contribution in [1.82, 2.24) is 24.5 Å². The summed E-state index contributed by atoms with van der Waals surface area (Å²) in [6.45, 7) is 9.52. The topological polar surface area (TPSA) is 166 Å². The van der Waals surface area contributed by atoms with Gasteiger partial charge in [-0.25, -0.2) is 14.5 Å². The van der Waals surface area contributed by atoms with E-state index in [-0.39, 0.29) is 30.5 Å². The Balaban J connectivity index is 1.34. The molecule has 0 aliphatic rings. The van der Waals surface area contributed by atoms with Crippen LogP contribution in [-0.2, 0) is 40.5 Å². The number of para-hydroxylation sites is 1. The fourth-order valence-corrected chi connectivity index (χ4v) is 5.32. The third-order valence-electron chi connectivity index (χ3n) is 8.16. The van der Waals surface area contributed by atoms with Crippen molar-refractivity contribution in [3.05, 3.63) is 129 Å². The van der Waals surface area contributed by atoms with E-state index in [1.165, 1.54) is 4.68 Å². The van der Waals surface area contributed by atoms with Crippen molar-refractivity contribution in [2.45, 2.75) is 73.6 Å². The summed E-state index contributed by atoms with van der Waals surface area (Å²) in [7, 11) is 0. The lowest BCUT2D eigenvalue weighted by atomic mass is 9.98. The van der Waals surface area contributed by atoms with E-state index in [1.54, 1.807) is 67.9 Å². The van der Waals surface area contributed by atoms with E-state index < -0.39 is 11.6 Å². The molecule has 0 saturated heterocycles. The number of carbonyl (C=O) groups is 2. The van der Waals surface area contributed by atoms with Crippen LogP contribution in [-0.4, -0.2) is 42.5 Å². The Morgan fingerprint density at radius 3 is 2.38 bits per heavy atom. The number of rotatable bonds is 13. The molecule has 0 amide bonds. The Labute approximate surface area is 302 Å². The Morgan fingerprint density at radius 1 is 0.962 bits per heavy atom. The lowest BCUT2D eigenvalue weighted by Crippen LogP contribution is -2.30. The van der Waals surface area contributed by atoms with Crippen LogP contribution >= 0.6 is 0 Å². The molecule has 2 N–H and O–H groups in total. The predicted octanol–water partition coefficient (Wildman–Crippen LogP) is 6.17. The molecule has 0 aliphatic carbocycles. The SMILES string of the molecule is CCCCc1nc(C)c(Cc2cn(COC(=O)C(C)(C)C)nn2)c(=O)n1Cc1ccc(-c2ccccc2/C(N)=N/OC(=O)Oc2ccccc2)cc1. The van der Waals surface area contributed by atoms with Crippen molar-refractivity contribution in [2.75, 3.05) is 0 Å². The number of aromatic nitrogens is 5. The Morgan fingerprint density at radius 2 is 1.67 bits per heavy atom. The van der Waals surface area contributed by atoms with Gasteiger partial charge in [0.15, 0.2) is 12.6 Å². The van der Waals surface area contributed by atoms with Gasteiger partial charge in [0.05, 0.1) is 23.9 Å². The standard InChI is InChI=1S/C39H43N7O6/c1-6-7-17-34-41-26(2)33(22-29-24-45(44-42-29)25-50-37(48)39(3,4)5)36(47)46(34)23-27-18-20-28(21-19-27)31-15-11-12-16-32(31)35(40)43-52-38(49)51-30-13-9-8-10-14-30/h8-16,18-21,24H,6-7,17,22-23,25H2,1-5H3,(H2,40,43). The highest BCUT2D eigenvalue weighted by Gasteiger charge is 2.23. The number of oxime groups is 1. The van der Waals surface area contributed by atoms with Crippen molar-refractivity contribution in [1.29, 1.82) is 0 Å². The fourth-order valence-electron chi connectivity index (χ4n) is 5.32. The molecule has 0 atom stereocenters. The van der Waals surface area contributed by atoms with E-state index in [0.717, 1.165) is 35.4 Å². The van der Waals surface area contributed by atoms with Gasteiger partial charge in [-0.05, 0) is 62.9 Å². The number of hydrogen-bond donors (Lipinski definition) is 1. The van der Waals surface area contributed by atoms with Crippen molar-refractivity contribution >= 4 is 18.0 Å². The zero-order valence-electron chi connectivity index (χ0n) is 30.0. The fraction of sp³-hybridized carbons (Fsp3) is 0.308. The molecule has 13 heteroatoms. The van der Waals surface area contributed by atoms with Gasteiger partial charge in [0.25, 0.3) is 5.56 Å². The van der Waals surface area contributed by atoms with Crippen LogP contribution in [0.15, 0.2) is 95.0 Å². The summed E-state index contributed by atoms with van der Waals surface area (Å²) in [6, 6.07) is 23.6. The molecule has 52 heavy (non-hydrogen) atoms. The van der Waals surface area contributed by atoms with E-state index >= 15 is 0 Å². The first-order valence-corrected chi connectivity index (χ1v) is 17.0. The molecule has 13 nitrogen and oxygen atoms in total. The lowest BCUT2D eigenvalue weighted by molar-refractivity contribution is -0.157. The molecule has 0 spiro atoms. The number of hydrogen-bond acceptors (Lipinski definition) is 10. The molecular formula is C39H43N7O6. The number of aryl methyl sites for hydroxylation is 2. The van der Waals surface area contributed by atoms with Gasteiger partial charge in [-0.1, -0.05) is 90.4 Å². The quantitative estimate of drug-likeness (QED) is 0.0374. The van der Waals surface area contributed by atoms with Crippen molar-refractivity contribution in [3.63, 3.8) is 0 Å². The molecule has 0 radical (unpaired) electrons. The first-order valence-electron chi connectivity index (χ1n) is 17.0. The van der Waals surface area contributed by atoms with Gasteiger partial charge in [-0.15, -0.1) is 5.10 Å². The molecule has 0 saturated carbocycles. The molecule has 0 unspecified atom stereocenters. The first kappa shape index (κ1) is 37.2. The Hall–Kier alpha value is -6.11. The molecule has 5 rings (SSSR count). The second-order valence-electron chi connectivity index (χ2n) is 13.3. The summed E-state index contributed by atoms with van der Waals surface area (Å²) in [5, 5.41) is 12.1. The van der Waals surface area contributed by atoms with Gasteiger partial charge in [-0.2, -0.15) is 0 Å². The van der Waals surface area contributed by atoms with Gasteiger partial charge in [-0.3, -0.25) is 19.0 Å². The second-order valence-corrected chi connectivity index (χ2v) is 13.3. The average Bonchev–Trinajstić information content (AvgIpc) is 3.59. The summed E-state index contributed by atoms with van der Waals surface area (Å²) >= 11 is 0. The molecule has 3 aromatic carbocycles. The number of ether oxygens (including phenoxy) is 2. The zero-order valence-corrected chi connectivity index (χ0v) is 30.0. The average molecular weight is 706 g/mol. The highest BCUT2D eigenvalue weighted by molar-refractivity contribution is 6.03. The summed E-state index contributed by atoms with van der Waals surface area (Å²) in [6.07, 6.45) is 3.39. The van der Waals surface area contributed by atoms with Crippen LogP contribution in [0, 0.1) is 12.3 Å². The van der Waals surface area contributed by atoms with Crippen LogP contribution in [0.25, 0.3) is 11.1 Å². The number of amidine groups is 1. The largest absolute Gasteiger partial charge is 0.540 e. The van der Waals surface area contributed by atoms with E-state index in [4.69, 9.17) is 25.0 Å². The van der Waals surface area contributed by atoms with Crippen LogP contribution in [0.3, 0.4) is 0 Å². The number of nitrogens with zero attached hydrogens (tertiary/aromatic N) is 6. The summed E-state index contributed by atoms with van der Waals surface area (Å²) in [5.74, 6) is 0.690. The van der Waals surface area contributed by atoms with E-state index in [1.807, 2.05) is 49.4 Å². The van der Waals surface area contributed by atoms with Crippen LogP contribution < -0.4 is 16.0 Å². The summed E-state index contributed by atoms with van der Waals surface area (Å²) < 4.78 is 13.6. The number of nitrogens with two attached hydrogens (primary N) is 1. The Kier molecular flexibility index (Phi) is 12.0. The van der Waals surface area contributed by atoms with Crippen LogP contribution in [0.4, 0.5) is 4.79 Å². The minimum Gasteiger partial charge on any atom is -0.442 e. The van der Waals surface area contributed by atoms with Crippen molar-refractivity contribution in [2.24, 2.45) is 16.3 Å². The molecule has 2 aromatic heterocycles. The highest BCUT2D eigenvalue weighted by Crippen LogP contribution is 2.25. The Bertz CT molecular complexity index is 2100. The number of benzene rings is 3. The maximum absolute atomic E-state index is 14.1. The number of carbonyl (C=O) groups excluding carboxylic acids is 2. The van der Waals surface area contributed by atoms with E-state index in [0.29, 0.717) is 41.2 Å². The molecule has 0 fully saturated rings. The number of unbranched alkanes of at least 4 members (excludes halogenated alkanes) is 1. The maximum atomic E-state index is 14.1. The molecule has 0 bridgehead atoms. The molecule has 5 aromatic rings. The smallest absolute Gasteiger partial charge is 0.442 e. The minimum atomic E-state index is -1.01. The minimum absolute atomic E-state index is 0.000945. The summed E-state index contributed by atoms with van der Waals surface area (Å²) in [4.78, 5) is 48.2. The van der Waals surface area contributed by atoms with Crippen molar-refractivity contribution in [3.8, 4) is 16.9 Å². The summed E-state index contributed by atoms with van der Waals surface area (Å²) in [5.41, 5.74) is 10.3. The zero-order chi connectivity index (χ0) is 37.3. The van der Waals surface area contributed by atoms with Gasteiger partial charge in [0.2, 0.25) is 0 Å². The lowest BCUT2D eigenvalue weighted by Gasteiger charge is -2.16. The van der Waals surface area contributed by atoms with Gasteiger partial charge < -0.3 is 15.2 Å². The van der Waals surface area contributed by atoms with Crippen LogP contribution in [0.1, 0.15) is 74.4 Å². The van der Waals surface area contributed by atoms with E-state index in [2.05, 4.69) is 22.4 Å². The van der Waals surface area contributed by atoms with Gasteiger partial charge in [0, 0.05) is 29.7 Å². The first-order chi connectivity index (χ1) is 24.9. The van der Waals surface area contributed by atoms with E-state index in [9.17, 15) is 14.4 Å². The van der Waals surface area contributed by atoms with Crippen LogP contribution in [0.2, 0.25) is 0 Å². The van der Waals surface area contributed by atoms with Crippen molar-refractivity contribution < 1.29 is 23.9 Å². The third-order valence-corrected chi connectivity index (χ3v) is 8.16. The monoisotopic (exact) mass is 705 g/mol. The van der Waals surface area contributed by atoms with Gasteiger partial charge in [0.1, 0.15) is 11.6 Å². The molecule has 270 valence electrons.